The van der Waals surface area contributed by atoms with Gasteiger partial charge >= 0.3 is 5.97 Å². The van der Waals surface area contributed by atoms with E-state index in [4.69, 9.17) is 4.74 Å². The van der Waals surface area contributed by atoms with Crippen LogP contribution in [0.5, 0.6) is 0 Å². The first-order chi connectivity index (χ1) is 14.9. The van der Waals surface area contributed by atoms with Crippen molar-refractivity contribution in [1.82, 2.24) is 5.32 Å². The highest BCUT2D eigenvalue weighted by Gasteiger charge is 2.60. The molecule has 3 fully saturated rings. The van der Waals surface area contributed by atoms with Crippen LogP contribution in [0, 0.1) is 34.5 Å². The number of fused-ring (bicyclic) bond motifs is 5. The summed E-state index contributed by atoms with van der Waals surface area (Å²) < 4.78 is 5.32. The molecule has 0 aromatic heterocycles. The third-order valence-electron chi connectivity index (χ3n) is 9.81. The van der Waals surface area contributed by atoms with Crippen molar-refractivity contribution in [3.8, 4) is 0 Å². The van der Waals surface area contributed by atoms with E-state index in [9.17, 15) is 9.90 Å². The number of rotatable bonds is 2. The third-order valence-corrected chi connectivity index (χ3v) is 9.81. The fraction of sp³-hybridized carbons (Fsp3) is 0.741. The van der Waals surface area contributed by atoms with Crippen LogP contribution in [0.2, 0.25) is 0 Å². The van der Waals surface area contributed by atoms with Crippen molar-refractivity contribution in [3.05, 3.63) is 34.9 Å². The zero-order chi connectivity index (χ0) is 21.8. The highest BCUT2D eigenvalue weighted by molar-refractivity contribution is 5.90. The number of aliphatic hydroxyl groups excluding tert-OH is 1. The van der Waals surface area contributed by atoms with E-state index in [2.05, 4.69) is 37.4 Å². The lowest BCUT2D eigenvalue weighted by Gasteiger charge is -2.58. The number of piperidine rings is 1. The van der Waals surface area contributed by atoms with Gasteiger partial charge in [-0.2, -0.15) is 0 Å². The Morgan fingerprint density at radius 3 is 2.84 bits per heavy atom. The maximum atomic E-state index is 13.0. The summed E-state index contributed by atoms with van der Waals surface area (Å²) in [6.07, 6.45) is 15.1. The topological polar surface area (TPSA) is 58.6 Å². The van der Waals surface area contributed by atoms with Gasteiger partial charge in [-0.25, -0.2) is 4.79 Å². The summed E-state index contributed by atoms with van der Waals surface area (Å²) in [6, 6.07) is 0. The minimum absolute atomic E-state index is 0.0867. The summed E-state index contributed by atoms with van der Waals surface area (Å²) >= 11 is 0. The summed E-state index contributed by atoms with van der Waals surface area (Å²) in [4.78, 5) is 13.0. The second kappa shape index (κ2) is 7.88. The second-order valence-electron chi connectivity index (χ2n) is 11.2. The van der Waals surface area contributed by atoms with Crippen LogP contribution in [0.25, 0.3) is 0 Å². The van der Waals surface area contributed by atoms with Gasteiger partial charge in [0.05, 0.1) is 13.2 Å². The van der Waals surface area contributed by atoms with Gasteiger partial charge in [-0.05, 0) is 92.1 Å². The number of hydrogen-bond donors (Lipinski definition) is 2. The van der Waals surface area contributed by atoms with Crippen molar-refractivity contribution >= 4 is 5.97 Å². The average Bonchev–Trinajstić information content (AvgIpc) is 3.10. The molecule has 0 amide bonds. The Kier molecular flexibility index (Phi) is 5.45. The predicted octanol–water partition coefficient (Wildman–Crippen LogP) is 4.56. The van der Waals surface area contributed by atoms with E-state index in [1.807, 2.05) is 0 Å². The lowest BCUT2D eigenvalue weighted by Crippen LogP contribution is -2.54. The molecule has 1 heterocycles. The number of hydrogen-bond acceptors (Lipinski definition) is 4. The summed E-state index contributed by atoms with van der Waals surface area (Å²) in [5.74, 6) is 1.45. The quantitative estimate of drug-likeness (QED) is 0.503. The Bertz CT molecular complexity index is 835. The first-order valence-electron chi connectivity index (χ1n) is 12.5. The van der Waals surface area contributed by atoms with Crippen molar-refractivity contribution in [2.24, 2.45) is 34.5 Å². The third kappa shape index (κ3) is 3.20. The van der Waals surface area contributed by atoms with E-state index in [-0.39, 0.29) is 28.8 Å². The standard InChI is InChI=1S/C27H39NO3/c1-26-13-5-4-8-18(26)9-10-19-20-11-12-21(27(20,2)15-22(29)24(19)26)23(25(30)31-3)17-7-6-14-28-16-17/h4,8-9,17,19-20,22,24,28-29H,5-7,10-16H2,1-3H3/t17?,19-,20-,22-,24+,26-,27-/m0/s1. The van der Waals surface area contributed by atoms with Gasteiger partial charge in [0.1, 0.15) is 0 Å². The SMILES string of the molecule is COC(=O)C(=C1CC[C@H]2[C@@H]3CC=C4C=CCC[C@]4(C)[C@H]3[C@@H](O)C[C@]12C)C1CCCNC1. The van der Waals surface area contributed by atoms with Gasteiger partial charge < -0.3 is 15.2 Å². The lowest BCUT2D eigenvalue weighted by atomic mass is 9.47. The molecule has 0 bridgehead atoms. The molecule has 31 heavy (non-hydrogen) atoms. The molecule has 1 unspecified atom stereocenters. The van der Waals surface area contributed by atoms with Gasteiger partial charge in [0, 0.05) is 18.0 Å². The van der Waals surface area contributed by atoms with Gasteiger partial charge in [0.15, 0.2) is 0 Å². The first-order valence-corrected chi connectivity index (χ1v) is 12.5. The van der Waals surface area contributed by atoms with Crippen molar-refractivity contribution in [1.29, 1.82) is 0 Å². The number of allylic oxidation sites excluding steroid dienone is 5. The maximum Gasteiger partial charge on any atom is 0.334 e. The van der Waals surface area contributed by atoms with Gasteiger partial charge in [-0.1, -0.05) is 37.6 Å². The molecular formula is C27H39NO3. The molecule has 1 aliphatic heterocycles. The first kappa shape index (κ1) is 21.5. The zero-order valence-corrected chi connectivity index (χ0v) is 19.5. The fourth-order valence-electron chi connectivity index (χ4n) is 8.43. The maximum absolute atomic E-state index is 13.0. The van der Waals surface area contributed by atoms with Gasteiger partial charge in [-0.15, -0.1) is 0 Å². The van der Waals surface area contributed by atoms with Crippen LogP contribution in [-0.2, 0) is 9.53 Å². The normalized spacial score (nSPS) is 45.8. The fourth-order valence-corrected chi connectivity index (χ4v) is 8.43. The minimum Gasteiger partial charge on any atom is -0.466 e. The summed E-state index contributed by atoms with van der Waals surface area (Å²) in [7, 11) is 1.52. The molecule has 4 aliphatic carbocycles. The van der Waals surface area contributed by atoms with E-state index in [0.717, 1.165) is 70.0 Å². The molecule has 1 saturated heterocycles. The van der Waals surface area contributed by atoms with Crippen LogP contribution in [0.15, 0.2) is 34.9 Å². The molecule has 170 valence electrons. The minimum atomic E-state index is -0.317. The van der Waals surface area contributed by atoms with Crippen LogP contribution in [0.4, 0.5) is 0 Å². The largest absolute Gasteiger partial charge is 0.466 e. The number of carbonyl (C=O) groups is 1. The van der Waals surface area contributed by atoms with Gasteiger partial charge in [0.2, 0.25) is 0 Å². The molecule has 0 aromatic rings. The molecule has 4 nitrogen and oxygen atoms in total. The Morgan fingerprint density at radius 2 is 2.10 bits per heavy atom. The molecule has 0 spiro atoms. The summed E-state index contributed by atoms with van der Waals surface area (Å²) in [5, 5.41) is 15.1. The number of carbonyl (C=O) groups excluding carboxylic acids is 1. The van der Waals surface area contributed by atoms with Crippen LogP contribution in [0.3, 0.4) is 0 Å². The Labute approximate surface area is 187 Å². The molecular weight excluding hydrogens is 386 g/mol. The number of aliphatic hydroxyl groups is 1. The van der Waals surface area contributed by atoms with Crippen molar-refractivity contribution < 1.29 is 14.6 Å². The van der Waals surface area contributed by atoms with E-state index in [1.54, 1.807) is 0 Å². The Balaban J connectivity index is 1.55. The zero-order valence-electron chi connectivity index (χ0n) is 19.5. The van der Waals surface area contributed by atoms with Crippen molar-refractivity contribution in [3.63, 3.8) is 0 Å². The number of ether oxygens (including phenoxy) is 1. The molecule has 0 aromatic carbocycles. The summed E-state index contributed by atoms with van der Waals surface area (Å²) in [6.45, 7) is 6.63. The highest BCUT2D eigenvalue weighted by atomic mass is 16.5. The van der Waals surface area contributed by atoms with Gasteiger partial charge in [0.25, 0.3) is 0 Å². The van der Waals surface area contributed by atoms with E-state index in [0.29, 0.717) is 17.8 Å². The van der Waals surface area contributed by atoms with Gasteiger partial charge in [-0.3, -0.25) is 0 Å². The smallest absolute Gasteiger partial charge is 0.334 e. The van der Waals surface area contributed by atoms with E-state index in [1.165, 1.54) is 18.3 Å². The van der Waals surface area contributed by atoms with Crippen LogP contribution < -0.4 is 5.32 Å². The van der Waals surface area contributed by atoms with Crippen molar-refractivity contribution in [2.75, 3.05) is 20.2 Å². The molecule has 2 saturated carbocycles. The number of methoxy groups -OCH3 is 1. The highest BCUT2D eigenvalue weighted by Crippen LogP contribution is 2.66. The second-order valence-corrected chi connectivity index (χ2v) is 11.2. The molecule has 2 N–H and O–H groups in total. The van der Waals surface area contributed by atoms with E-state index >= 15 is 0 Å². The van der Waals surface area contributed by atoms with E-state index < -0.39 is 0 Å². The van der Waals surface area contributed by atoms with Crippen LogP contribution >= 0.6 is 0 Å². The monoisotopic (exact) mass is 425 g/mol. The van der Waals surface area contributed by atoms with Crippen LogP contribution in [-0.4, -0.2) is 37.4 Å². The molecule has 4 heteroatoms. The van der Waals surface area contributed by atoms with Crippen LogP contribution in [0.1, 0.15) is 65.2 Å². The molecule has 0 radical (unpaired) electrons. The molecule has 5 aliphatic rings. The lowest BCUT2D eigenvalue weighted by molar-refractivity contribution is -0.137. The number of nitrogens with one attached hydrogen (secondary N) is 1. The molecule has 5 rings (SSSR count). The summed E-state index contributed by atoms with van der Waals surface area (Å²) in [5.41, 5.74) is 3.67. The van der Waals surface area contributed by atoms with Crippen molar-refractivity contribution in [2.45, 2.75) is 71.3 Å². The Hall–Kier alpha value is -1.39. The molecule has 7 atom stereocenters. The predicted molar refractivity (Wildman–Crippen MR) is 122 cm³/mol. The average molecular weight is 426 g/mol. The Morgan fingerprint density at radius 1 is 1.26 bits per heavy atom. The number of esters is 1.